The van der Waals surface area contributed by atoms with Crippen LogP contribution in [0.15, 0.2) is 0 Å². The monoisotopic (exact) mass is 383 g/mol. The molecule has 7 heteroatoms. The summed E-state index contributed by atoms with van der Waals surface area (Å²) in [5, 5.41) is 6.48. The van der Waals surface area contributed by atoms with Gasteiger partial charge in [0.15, 0.2) is 0 Å². The van der Waals surface area contributed by atoms with E-state index in [9.17, 15) is 4.79 Å². The Kier molecular flexibility index (Phi) is 12.3. The minimum atomic E-state index is -0.319. The van der Waals surface area contributed by atoms with Crippen molar-refractivity contribution in [3.63, 3.8) is 0 Å². The summed E-state index contributed by atoms with van der Waals surface area (Å²) >= 11 is 0. The second-order valence-electron chi connectivity index (χ2n) is 7.10. The first kappa shape index (κ1) is 23.9. The van der Waals surface area contributed by atoms with Crippen LogP contribution in [0.5, 0.6) is 0 Å². The van der Waals surface area contributed by atoms with Gasteiger partial charge in [-0.3, -0.25) is 4.79 Å². The molecular weight excluding hydrogens is 349 g/mol. The Bertz CT molecular complexity index is 339. The lowest BCUT2D eigenvalue weighted by molar-refractivity contribution is -0.136. The molecule has 2 aliphatic heterocycles. The number of nitrogens with zero attached hydrogens (tertiary/aromatic N) is 1. The SMILES string of the molecule is COCC1(C(=O)NCCCN2CCC(C)CC2)CCNCC1.Cl.Cl. The molecule has 0 unspecified atom stereocenters. The molecule has 0 bridgehead atoms. The maximum atomic E-state index is 12.6. The van der Waals surface area contributed by atoms with E-state index in [1.54, 1.807) is 7.11 Å². The molecule has 2 heterocycles. The van der Waals surface area contributed by atoms with E-state index in [4.69, 9.17) is 4.74 Å². The summed E-state index contributed by atoms with van der Waals surface area (Å²) in [5.41, 5.74) is -0.319. The first-order valence-electron chi connectivity index (χ1n) is 8.86. The Labute approximate surface area is 159 Å². The molecule has 2 saturated heterocycles. The summed E-state index contributed by atoms with van der Waals surface area (Å²) < 4.78 is 5.32. The molecule has 144 valence electrons. The third-order valence-electron chi connectivity index (χ3n) is 5.28. The average molecular weight is 384 g/mol. The molecule has 0 aromatic rings. The van der Waals surface area contributed by atoms with Crippen LogP contribution in [0, 0.1) is 11.3 Å². The summed E-state index contributed by atoms with van der Waals surface area (Å²) in [6.45, 7) is 9.00. The van der Waals surface area contributed by atoms with E-state index in [2.05, 4.69) is 22.5 Å². The van der Waals surface area contributed by atoms with E-state index in [1.165, 1.54) is 25.9 Å². The quantitative estimate of drug-likeness (QED) is 0.660. The van der Waals surface area contributed by atoms with Gasteiger partial charge in [0.25, 0.3) is 0 Å². The highest BCUT2D eigenvalue weighted by Gasteiger charge is 2.39. The van der Waals surface area contributed by atoms with Crippen molar-refractivity contribution >= 4 is 30.7 Å². The Balaban J connectivity index is 0.00000264. The number of hydrogen-bond acceptors (Lipinski definition) is 4. The van der Waals surface area contributed by atoms with Crippen molar-refractivity contribution in [1.82, 2.24) is 15.5 Å². The van der Waals surface area contributed by atoms with Crippen LogP contribution in [0.1, 0.15) is 39.0 Å². The molecule has 0 aliphatic carbocycles. The molecule has 0 aromatic heterocycles. The van der Waals surface area contributed by atoms with Gasteiger partial charge < -0.3 is 20.3 Å². The third-order valence-corrected chi connectivity index (χ3v) is 5.28. The highest BCUT2D eigenvalue weighted by atomic mass is 35.5. The van der Waals surface area contributed by atoms with E-state index in [0.717, 1.165) is 51.4 Å². The maximum absolute atomic E-state index is 12.6. The van der Waals surface area contributed by atoms with Crippen molar-refractivity contribution in [2.45, 2.75) is 39.0 Å². The zero-order valence-electron chi connectivity index (χ0n) is 15.1. The Morgan fingerprint density at radius 1 is 1.25 bits per heavy atom. The van der Waals surface area contributed by atoms with Gasteiger partial charge in [-0.15, -0.1) is 24.8 Å². The molecule has 24 heavy (non-hydrogen) atoms. The minimum Gasteiger partial charge on any atom is -0.384 e. The predicted octanol–water partition coefficient (Wildman–Crippen LogP) is 2.08. The summed E-state index contributed by atoms with van der Waals surface area (Å²) in [4.78, 5) is 15.1. The molecule has 2 fully saturated rings. The van der Waals surface area contributed by atoms with E-state index in [0.29, 0.717) is 6.61 Å². The van der Waals surface area contributed by atoms with Crippen LogP contribution in [0.25, 0.3) is 0 Å². The Morgan fingerprint density at radius 2 is 1.88 bits per heavy atom. The molecule has 0 radical (unpaired) electrons. The smallest absolute Gasteiger partial charge is 0.228 e. The number of carbonyl (C=O) groups is 1. The zero-order chi connectivity index (χ0) is 15.8. The minimum absolute atomic E-state index is 0. The van der Waals surface area contributed by atoms with Crippen molar-refractivity contribution in [3.05, 3.63) is 0 Å². The van der Waals surface area contributed by atoms with Crippen molar-refractivity contribution in [2.24, 2.45) is 11.3 Å². The highest BCUT2D eigenvalue weighted by Crippen LogP contribution is 2.29. The lowest BCUT2D eigenvalue weighted by atomic mass is 9.78. The number of hydrogen-bond donors (Lipinski definition) is 2. The first-order valence-corrected chi connectivity index (χ1v) is 8.86. The van der Waals surface area contributed by atoms with E-state index < -0.39 is 0 Å². The van der Waals surface area contributed by atoms with E-state index in [-0.39, 0.29) is 36.1 Å². The molecule has 0 atom stereocenters. The Hall–Kier alpha value is -0.0700. The van der Waals surface area contributed by atoms with Crippen molar-refractivity contribution in [1.29, 1.82) is 0 Å². The molecule has 2 rings (SSSR count). The maximum Gasteiger partial charge on any atom is 0.228 e. The normalized spacial score (nSPS) is 21.4. The van der Waals surface area contributed by atoms with Gasteiger partial charge in [-0.25, -0.2) is 0 Å². The lowest BCUT2D eigenvalue weighted by Gasteiger charge is -2.35. The standard InChI is InChI=1S/C17H33N3O2.2ClH/c1-15-4-12-20(13-5-15)11-3-8-19-16(21)17(14-22-2)6-9-18-10-7-17;;/h15,18H,3-14H2,1-2H3,(H,19,21);2*1H. The largest absolute Gasteiger partial charge is 0.384 e. The number of methoxy groups -OCH3 is 1. The zero-order valence-corrected chi connectivity index (χ0v) is 16.8. The number of amides is 1. The second-order valence-corrected chi connectivity index (χ2v) is 7.10. The third kappa shape index (κ3) is 7.04. The van der Waals surface area contributed by atoms with E-state index >= 15 is 0 Å². The van der Waals surface area contributed by atoms with Crippen molar-refractivity contribution < 1.29 is 9.53 Å². The molecule has 0 spiro atoms. The summed E-state index contributed by atoms with van der Waals surface area (Å²) in [7, 11) is 1.69. The van der Waals surface area contributed by atoms with Crippen LogP contribution in [-0.2, 0) is 9.53 Å². The fraction of sp³-hybridized carbons (Fsp3) is 0.941. The van der Waals surface area contributed by atoms with Crippen LogP contribution in [0.4, 0.5) is 0 Å². The molecule has 0 aromatic carbocycles. The summed E-state index contributed by atoms with van der Waals surface area (Å²) in [5.74, 6) is 1.06. The van der Waals surface area contributed by atoms with Crippen LogP contribution in [0.3, 0.4) is 0 Å². The van der Waals surface area contributed by atoms with Gasteiger partial charge in [0.05, 0.1) is 12.0 Å². The summed E-state index contributed by atoms with van der Waals surface area (Å²) in [6.07, 6.45) is 5.42. The fourth-order valence-electron chi connectivity index (χ4n) is 3.60. The highest BCUT2D eigenvalue weighted by molar-refractivity contribution is 5.85. The van der Waals surface area contributed by atoms with Gasteiger partial charge in [-0.1, -0.05) is 6.92 Å². The molecule has 2 N–H and O–H groups in total. The predicted molar refractivity (Wildman–Crippen MR) is 103 cm³/mol. The molecule has 2 aliphatic rings. The van der Waals surface area contributed by atoms with Crippen molar-refractivity contribution in [2.75, 3.05) is 53.0 Å². The number of rotatable bonds is 7. The van der Waals surface area contributed by atoms with Gasteiger partial charge in [-0.05, 0) is 70.7 Å². The van der Waals surface area contributed by atoms with Crippen LogP contribution < -0.4 is 10.6 Å². The molecule has 1 amide bonds. The number of nitrogens with one attached hydrogen (secondary N) is 2. The van der Waals surface area contributed by atoms with Crippen LogP contribution in [0.2, 0.25) is 0 Å². The van der Waals surface area contributed by atoms with Gasteiger partial charge in [0, 0.05) is 13.7 Å². The first-order chi connectivity index (χ1) is 10.7. The molecule has 5 nitrogen and oxygen atoms in total. The number of piperidine rings is 2. The molecule has 0 saturated carbocycles. The number of likely N-dealkylation sites (tertiary alicyclic amines) is 1. The van der Waals surface area contributed by atoms with E-state index in [1.807, 2.05) is 0 Å². The van der Waals surface area contributed by atoms with Crippen molar-refractivity contribution in [3.8, 4) is 0 Å². The number of halogens is 2. The fourth-order valence-corrected chi connectivity index (χ4v) is 3.60. The second kappa shape index (κ2) is 12.3. The van der Waals surface area contributed by atoms with Gasteiger partial charge in [-0.2, -0.15) is 0 Å². The Morgan fingerprint density at radius 3 is 2.46 bits per heavy atom. The van der Waals surface area contributed by atoms with Crippen LogP contribution in [-0.4, -0.2) is 63.8 Å². The lowest BCUT2D eigenvalue weighted by Crippen LogP contribution is -2.50. The van der Waals surface area contributed by atoms with Crippen LogP contribution >= 0.6 is 24.8 Å². The number of carbonyl (C=O) groups excluding carboxylic acids is 1. The van der Waals surface area contributed by atoms with Gasteiger partial charge >= 0.3 is 0 Å². The average Bonchev–Trinajstić information content (AvgIpc) is 2.54. The van der Waals surface area contributed by atoms with Gasteiger partial charge in [0.2, 0.25) is 5.91 Å². The topological polar surface area (TPSA) is 53.6 Å². The number of ether oxygens (including phenoxy) is 1. The molecular formula is C17H35Cl2N3O2. The summed E-state index contributed by atoms with van der Waals surface area (Å²) in [6, 6.07) is 0. The van der Waals surface area contributed by atoms with Gasteiger partial charge in [0.1, 0.15) is 0 Å².